The lowest BCUT2D eigenvalue weighted by Crippen LogP contribution is -2.52. The van der Waals surface area contributed by atoms with Gasteiger partial charge >= 0.3 is 0 Å². The minimum atomic E-state index is -3.86. The molecule has 0 bridgehead atoms. The lowest BCUT2D eigenvalue weighted by atomic mass is 9.99. The van der Waals surface area contributed by atoms with E-state index in [4.69, 9.17) is 22.1 Å². The fraction of sp³-hybridized carbons (Fsp3) is 0.450. The van der Waals surface area contributed by atoms with Gasteiger partial charge in [0.15, 0.2) is 11.6 Å². The van der Waals surface area contributed by atoms with Gasteiger partial charge in [0.05, 0.1) is 17.5 Å². The Morgan fingerprint density at radius 1 is 1.28 bits per heavy atom. The Morgan fingerprint density at radius 2 is 2.03 bits per heavy atom. The maximum absolute atomic E-state index is 15.1. The van der Waals surface area contributed by atoms with E-state index in [1.54, 1.807) is 6.07 Å². The van der Waals surface area contributed by atoms with Crippen molar-refractivity contribution in [3.63, 3.8) is 0 Å². The van der Waals surface area contributed by atoms with Gasteiger partial charge in [-0.15, -0.1) is 0 Å². The van der Waals surface area contributed by atoms with Gasteiger partial charge in [-0.3, -0.25) is 0 Å². The van der Waals surface area contributed by atoms with Crippen molar-refractivity contribution in [1.82, 2.24) is 15.0 Å². The second-order valence-corrected chi connectivity index (χ2v) is 10.3. The van der Waals surface area contributed by atoms with Crippen LogP contribution in [0.25, 0.3) is 0 Å². The summed E-state index contributed by atoms with van der Waals surface area (Å²) in [6.45, 7) is -0.575. The molecule has 7 nitrogen and oxygen atoms in total. The summed E-state index contributed by atoms with van der Waals surface area (Å²) in [4.78, 5) is 4.12. The molecule has 1 saturated carbocycles. The third kappa shape index (κ3) is 4.86. The number of benzene rings is 1. The van der Waals surface area contributed by atoms with Gasteiger partial charge in [-0.05, 0) is 43.0 Å². The molecule has 2 aromatic rings. The Hall–Kier alpha value is -1.92. The van der Waals surface area contributed by atoms with E-state index in [1.807, 2.05) is 0 Å². The van der Waals surface area contributed by atoms with Crippen LogP contribution < -0.4 is 20.5 Å². The number of sulfonamides is 1. The number of nitrogens with one attached hydrogen (secondary N) is 2. The summed E-state index contributed by atoms with van der Waals surface area (Å²) in [7, 11) is -3.86. The number of ether oxygens (including phenoxy) is 1. The maximum Gasteiger partial charge on any atom is 0.277 e. The average Bonchev–Trinajstić information content (AvgIpc) is 3.56. The van der Waals surface area contributed by atoms with Gasteiger partial charge in [0, 0.05) is 12.6 Å². The van der Waals surface area contributed by atoms with Crippen LogP contribution in [-0.2, 0) is 23.0 Å². The van der Waals surface area contributed by atoms with E-state index >= 15 is 4.39 Å². The fourth-order valence-electron chi connectivity index (χ4n) is 3.58. The Labute approximate surface area is 188 Å². The highest BCUT2D eigenvalue weighted by atomic mass is 35.5. The van der Waals surface area contributed by atoms with E-state index in [-0.39, 0.29) is 35.2 Å². The van der Waals surface area contributed by atoms with Crippen LogP contribution >= 0.6 is 11.6 Å². The first-order chi connectivity index (χ1) is 15.1. The number of hydrogen-bond donors (Lipinski definition) is 3. The molecule has 0 amide bonds. The molecular formula is C20H22ClF3N4O3S. The molecular weight excluding hydrogens is 469 g/mol. The van der Waals surface area contributed by atoms with Crippen molar-refractivity contribution < 1.29 is 26.3 Å². The number of alkyl halides is 2. The summed E-state index contributed by atoms with van der Waals surface area (Å²) in [6.07, 6.45) is 0.712. The lowest BCUT2D eigenvalue weighted by Gasteiger charge is -2.25. The van der Waals surface area contributed by atoms with Gasteiger partial charge in [-0.2, -0.15) is 0 Å². The van der Waals surface area contributed by atoms with Gasteiger partial charge in [0.2, 0.25) is 15.9 Å². The van der Waals surface area contributed by atoms with Crippen molar-refractivity contribution in [3.8, 4) is 11.6 Å². The van der Waals surface area contributed by atoms with Crippen molar-refractivity contribution in [2.24, 2.45) is 5.73 Å². The van der Waals surface area contributed by atoms with Crippen LogP contribution in [-0.4, -0.2) is 43.2 Å². The van der Waals surface area contributed by atoms with Gasteiger partial charge in [-0.1, -0.05) is 23.7 Å². The summed E-state index contributed by atoms with van der Waals surface area (Å²) in [5.41, 5.74) is 6.13. The zero-order chi connectivity index (χ0) is 23.1. The third-order valence-electron chi connectivity index (χ3n) is 5.48. The molecule has 4 rings (SSSR count). The molecule has 12 heteroatoms. The second-order valence-electron chi connectivity index (χ2n) is 7.92. The Balaban J connectivity index is 1.55. The molecule has 1 aliphatic carbocycles. The first-order valence-corrected chi connectivity index (χ1v) is 12.0. The van der Waals surface area contributed by atoms with Gasteiger partial charge in [0.1, 0.15) is 11.1 Å². The highest BCUT2D eigenvalue weighted by Gasteiger charge is 2.53. The van der Waals surface area contributed by atoms with E-state index in [2.05, 4.69) is 15.0 Å². The standard InChI is InChI=1S/C20H22ClF3N4O3S/c21-14-7-4-12(9-25)27-19(14)31-16-3-1-2-11(17(16)22)8-15-18(20(23,24)10-26-15)28-32(29,30)13-5-6-13/h1-4,7,13,15,18,26,28H,5-6,8-10,25H2/t15-,18+/m0/s1. The molecule has 2 atom stereocenters. The molecule has 32 heavy (non-hydrogen) atoms. The summed E-state index contributed by atoms with van der Waals surface area (Å²) < 4.78 is 76.1. The Bertz CT molecular complexity index is 1120. The van der Waals surface area contributed by atoms with Crippen LogP contribution in [0.4, 0.5) is 13.2 Å². The first-order valence-electron chi connectivity index (χ1n) is 10.0. The largest absolute Gasteiger partial charge is 0.434 e. The van der Waals surface area contributed by atoms with Crippen LogP contribution in [0.15, 0.2) is 30.3 Å². The molecule has 2 aliphatic rings. The smallest absolute Gasteiger partial charge is 0.277 e. The average molecular weight is 491 g/mol. The van der Waals surface area contributed by atoms with Gasteiger partial charge in [0.25, 0.3) is 5.92 Å². The number of nitrogens with zero attached hydrogens (tertiary/aromatic N) is 1. The highest BCUT2D eigenvalue weighted by molar-refractivity contribution is 7.90. The monoisotopic (exact) mass is 490 g/mol. The topological polar surface area (TPSA) is 106 Å². The van der Waals surface area contributed by atoms with Crippen molar-refractivity contribution in [3.05, 3.63) is 52.4 Å². The van der Waals surface area contributed by atoms with Crippen LogP contribution in [0.5, 0.6) is 11.6 Å². The number of pyridine rings is 1. The van der Waals surface area contributed by atoms with Gasteiger partial charge < -0.3 is 15.8 Å². The van der Waals surface area contributed by atoms with E-state index in [0.717, 1.165) is 0 Å². The van der Waals surface area contributed by atoms with Crippen LogP contribution in [0.2, 0.25) is 5.02 Å². The molecule has 174 valence electrons. The van der Waals surface area contributed by atoms with Gasteiger partial charge in [-0.25, -0.2) is 31.3 Å². The third-order valence-corrected chi connectivity index (χ3v) is 7.70. The summed E-state index contributed by atoms with van der Waals surface area (Å²) in [5, 5.41) is 2.12. The first kappa shape index (κ1) is 23.2. The summed E-state index contributed by atoms with van der Waals surface area (Å²) in [5.74, 6) is -4.31. The maximum atomic E-state index is 15.1. The molecule has 1 aromatic carbocycles. The van der Waals surface area contributed by atoms with E-state index in [0.29, 0.717) is 18.5 Å². The van der Waals surface area contributed by atoms with Crippen LogP contribution in [0, 0.1) is 5.82 Å². The molecule has 1 saturated heterocycles. The minimum absolute atomic E-state index is 0.0359. The SMILES string of the molecule is NCc1ccc(Cl)c(Oc2cccc(C[C@@H]3NCC(F)(F)[C@@H]3NS(=O)(=O)C3CC3)c2F)n1. The normalized spacial score (nSPS) is 22.8. The molecule has 0 radical (unpaired) electrons. The molecule has 2 fully saturated rings. The Kier molecular flexibility index (Phi) is 6.38. The molecule has 1 aliphatic heterocycles. The van der Waals surface area contributed by atoms with Crippen LogP contribution in [0.1, 0.15) is 24.1 Å². The molecule has 4 N–H and O–H groups in total. The fourth-order valence-corrected chi connectivity index (χ4v) is 5.36. The number of halogens is 4. The van der Waals surface area contributed by atoms with E-state index < -0.39 is 45.6 Å². The number of hydrogen-bond acceptors (Lipinski definition) is 6. The van der Waals surface area contributed by atoms with Crippen molar-refractivity contribution in [1.29, 1.82) is 0 Å². The number of aromatic nitrogens is 1. The minimum Gasteiger partial charge on any atom is -0.434 e. The number of rotatable bonds is 8. The second kappa shape index (κ2) is 8.79. The summed E-state index contributed by atoms with van der Waals surface area (Å²) in [6, 6.07) is 4.73. The van der Waals surface area contributed by atoms with Crippen molar-refractivity contribution in [2.45, 2.75) is 49.1 Å². The van der Waals surface area contributed by atoms with Crippen LogP contribution in [0.3, 0.4) is 0 Å². The van der Waals surface area contributed by atoms with Crippen molar-refractivity contribution in [2.75, 3.05) is 6.54 Å². The summed E-state index contributed by atoms with van der Waals surface area (Å²) >= 11 is 6.07. The zero-order valence-corrected chi connectivity index (χ0v) is 18.4. The molecule has 0 unspecified atom stereocenters. The zero-order valence-electron chi connectivity index (χ0n) is 16.8. The predicted octanol–water partition coefficient (Wildman–Crippen LogP) is 2.73. The van der Waals surface area contributed by atoms with Crippen molar-refractivity contribution >= 4 is 21.6 Å². The molecule has 0 spiro atoms. The highest BCUT2D eigenvalue weighted by Crippen LogP contribution is 2.35. The molecule has 2 heterocycles. The predicted molar refractivity (Wildman–Crippen MR) is 113 cm³/mol. The quantitative estimate of drug-likeness (QED) is 0.525. The van der Waals surface area contributed by atoms with E-state index in [9.17, 15) is 17.2 Å². The van der Waals surface area contributed by atoms with E-state index in [1.165, 1.54) is 24.3 Å². The Morgan fingerprint density at radius 3 is 2.72 bits per heavy atom. The molecule has 1 aromatic heterocycles. The lowest BCUT2D eigenvalue weighted by molar-refractivity contribution is -0.000906. The number of nitrogens with two attached hydrogens (primary N) is 1.